The number of amides is 1. The first-order valence-electron chi connectivity index (χ1n) is 10.7. The minimum Gasteiger partial charge on any atom is -0.339 e. The van der Waals surface area contributed by atoms with Gasteiger partial charge < -0.3 is 16.0 Å². The number of nitrogens with one attached hydrogen (secondary N) is 1. The van der Waals surface area contributed by atoms with Gasteiger partial charge in [-0.2, -0.15) is 0 Å². The molecule has 0 radical (unpaired) electrons. The van der Waals surface area contributed by atoms with Gasteiger partial charge in [0.25, 0.3) is 0 Å². The van der Waals surface area contributed by atoms with Crippen LogP contribution in [0.15, 0.2) is 18.2 Å². The summed E-state index contributed by atoms with van der Waals surface area (Å²) in [7, 11) is 0. The second-order valence-electron chi connectivity index (χ2n) is 7.96. The van der Waals surface area contributed by atoms with E-state index in [4.69, 9.17) is 5.73 Å². The van der Waals surface area contributed by atoms with Crippen LogP contribution in [0.25, 0.3) is 0 Å². The second-order valence-corrected chi connectivity index (χ2v) is 7.96. The topological polar surface area (TPSA) is 61.6 Å². The van der Waals surface area contributed by atoms with Crippen LogP contribution in [0.3, 0.4) is 0 Å². The number of carbonyl (C=O) groups excluding carboxylic acids is 1. The highest BCUT2D eigenvalue weighted by Crippen LogP contribution is 2.17. The lowest BCUT2D eigenvalue weighted by molar-refractivity contribution is -0.134. The number of nitrogens with zero attached hydrogens (tertiary/aromatic N) is 2. The van der Waals surface area contributed by atoms with Crippen molar-refractivity contribution in [1.82, 2.24) is 15.1 Å². The fourth-order valence-corrected chi connectivity index (χ4v) is 4.54. The highest BCUT2D eigenvalue weighted by molar-refractivity contribution is 5.82. The first kappa shape index (κ1) is 20.3. The summed E-state index contributed by atoms with van der Waals surface area (Å²) in [5.41, 5.74) is 10.3. The van der Waals surface area contributed by atoms with E-state index in [1.54, 1.807) is 0 Å². The highest BCUT2D eigenvalue weighted by atomic mass is 16.2. The standard InChI is InChI=1S/C22H36N4O/c1-3-18-6-5-17(15-19(18)4-2)16-21(23)22(27)26-13-11-25(12-14-26)20-7-9-24-10-8-20/h5-6,15,20-21,24H,3-4,7-14,16,23H2,1-2H3/t21-/m1/s1. The average molecular weight is 373 g/mol. The molecule has 0 aromatic heterocycles. The van der Waals surface area contributed by atoms with Crippen LogP contribution in [-0.2, 0) is 24.1 Å². The van der Waals surface area contributed by atoms with Crippen LogP contribution >= 0.6 is 0 Å². The van der Waals surface area contributed by atoms with E-state index < -0.39 is 6.04 Å². The Morgan fingerprint density at radius 2 is 1.78 bits per heavy atom. The first-order valence-corrected chi connectivity index (χ1v) is 10.7. The molecule has 0 bridgehead atoms. The zero-order valence-corrected chi connectivity index (χ0v) is 17.0. The Bertz CT molecular complexity index is 619. The van der Waals surface area contributed by atoms with E-state index in [1.165, 1.54) is 29.5 Å². The van der Waals surface area contributed by atoms with Gasteiger partial charge in [0.2, 0.25) is 5.91 Å². The van der Waals surface area contributed by atoms with Gasteiger partial charge in [0, 0.05) is 32.2 Å². The van der Waals surface area contributed by atoms with Crippen LogP contribution in [0.2, 0.25) is 0 Å². The van der Waals surface area contributed by atoms with E-state index >= 15 is 0 Å². The van der Waals surface area contributed by atoms with E-state index in [2.05, 4.69) is 42.3 Å². The number of hydrogen-bond donors (Lipinski definition) is 2. The van der Waals surface area contributed by atoms with Gasteiger partial charge in [-0.15, -0.1) is 0 Å². The molecule has 2 saturated heterocycles. The summed E-state index contributed by atoms with van der Waals surface area (Å²) in [6, 6.07) is 6.82. The lowest BCUT2D eigenvalue weighted by Crippen LogP contribution is -2.56. The predicted molar refractivity (Wildman–Crippen MR) is 111 cm³/mol. The molecule has 2 aliphatic heterocycles. The van der Waals surface area contributed by atoms with Crippen LogP contribution < -0.4 is 11.1 Å². The maximum Gasteiger partial charge on any atom is 0.239 e. The van der Waals surface area contributed by atoms with Crippen molar-refractivity contribution in [3.63, 3.8) is 0 Å². The first-order chi connectivity index (χ1) is 13.1. The average Bonchev–Trinajstić information content (AvgIpc) is 2.73. The number of nitrogens with two attached hydrogens (primary N) is 1. The van der Waals surface area contributed by atoms with Gasteiger partial charge in [0.15, 0.2) is 0 Å². The third-order valence-electron chi connectivity index (χ3n) is 6.26. The molecule has 0 aliphatic carbocycles. The van der Waals surface area contributed by atoms with E-state index in [-0.39, 0.29) is 5.91 Å². The molecular formula is C22H36N4O. The summed E-state index contributed by atoms with van der Waals surface area (Å²) in [4.78, 5) is 17.4. The van der Waals surface area contributed by atoms with Crippen LogP contribution in [0.4, 0.5) is 0 Å². The maximum absolute atomic E-state index is 12.8. The third-order valence-corrected chi connectivity index (χ3v) is 6.26. The summed E-state index contributed by atoms with van der Waals surface area (Å²) < 4.78 is 0. The monoisotopic (exact) mass is 372 g/mol. The molecule has 3 N–H and O–H groups in total. The van der Waals surface area contributed by atoms with Gasteiger partial charge in [-0.25, -0.2) is 0 Å². The Morgan fingerprint density at radius 1 is 1.11 bits per heavy atom. The van der Waals surface area contributed by atoms with E-state index in [1.807, 2.05) is 4.90 Å². The quantitative estimate of drug-likeness (QED) is 0.796. The van der Waals surface area contributed by atoms with E-state index in [0.29, 0.717) is 12.5 Å². The van der Waals surface area contributed by atoms with Crippen molar-refractivity contribution in [1.29, 1.82) is 0 Å². The molecule has 5 heteroatoms. The van der Waals surface area contributed by atoms with Crippen molar-refractivity contribution in [2.75, 3.05) is 39.3 Å². The van der Waals surface area contributed by atoms with Crippen molar-refractivity contribution >= 4 is 5.91 Å². The molecular weight excluding hydrogens is 336 g/mol. The normalized spacial score (nSPS) is 20.6. The van der Waals surface area contributed by atoms with Crippen molar-refractivity contribution in [3.8, 4) is 0 Å². The van der Waals surface area contributed by atoms with Gasteiger partial charge in [-0.1, -0.05) is 32.0 Å². The summed E-state index contributed by atoms with van der Waals surface area (Å²) >= 11 is 0. The molecule has 1 aromatic carbocycles. The maximum atomic E-state index is 12.8. The van der Waals surface area contributed by atoms with Gasteiger partial charge in [-0.05, 0) is 61.9 Å². The van der Waals surface area contributed by atoms with Crippen LogP contribution in [0.5, 0.6) is 0 Å². The van der Waals surface area contributed by atoms with Crippen LogP contribution in [-0.4, -0.2) is 67.1 Å². The smallest absolute Gasteiger partial charge is 0.239 e. The molecule has 2 aliphatic rings. The lowest BCUT2D eigenvalue weighted by atomic mass is 9.96. The van der Waals surface area contributed by atoms with Crippen LogP contribution in [0.1, 0.15) is 43.4 Å². The molecule has 1 atom stereocenters. The minimum absolute atomic E-state index is 0.109. The fourth-order valence-electron chi connectivity index (χ4n) is 4.54. The summed E-state index contributed by atoms with van der Waals surface area (Å²) in [5.74, 6) is 0.109. The zero-order valence-electron chi connectivity index (χ0n) is 17.0. The van der Waals surface area contributed by atoms with Crippen molar-refractivity contribution < 1.29 is 4.79 Å². The zero-order chi connectivity index (χ0) is 19.2. The third kappa shape index (κ3) is 5.09. The number of piperidine rings is 1. The molecule has 1 aromatic rings. The molecule has 27 heavy (non-hydrogen) atoms. The fraction of sp³-hybridized carbons (Fsp3) is 0.682. The van der Waals surface area contributed by atoms with Crippen molar-refractivity contribution in [3.05, 3.63) is 34.9 Å². The Balaban J connectivity index is 1.52. The highest BCUT2D eigenvalue weighted by Gasteiger charge is 2.29. The van der Waals surface area contributed by atoms with Gasteiger partial charge in [-0.3, -0.25) is 9.69 Å². The van der Waals surface area contributed by atoms with Gasteiger partial charge in [0.05, 0.1) is 6.04 Å². The SMILES string of the molecule is CCc1ccc(C[C@@H](N)C(=O)N2CCN(C3CCNCC3)CC2)cc1CC. The second kappa shape index (κ2) is 9.67. The molecule has 3 rings (SSSR count). The number of aryl methyl sites for hydroxylation is 2. The number of carbonyl (C=O) groups is 1. The predicted octanol–water partition coefficient (Wildman–Crippen LogP) is 1.58. The molecule has 2 fully saturated rings. The molecule has 2 heterocycles. The number of rotatable bonds is 6. The van der Waals surface area contributed by atoms with Crippen LogP contribution in [0, 0.1) is 0 Å². The Hall–Kier alpha value is -1.43. The Morgan fingerprint density at radius 3 is 2.41 bits per heavy atom. The Kier molecular flexibility index (Phi) is 7.27. The minimum atomic E-state index is -0.437. The molecule has 1 amide bonds. The van der Waals surface area contributed by atoms with Gasteiger partial charge in [0.1, 0.15) is 0 Å². The van der Waals surface area contributed by atoms with Crippen molar-refractivity contribution in [2.24, 2.45) is 5.73 Å². The largest absolute Gasteiger partial charge is 0.339 e. The van der Waals surface area contributed by atoms with E-state index in [0.717, 1.165) is 52.1 Å². The molecule has 0 spiro atoms. The number of benzene rings is 1. The number of piperazine rings is 1. The Labute approximate surface area is 164 Å². The van der Waals surface area contributed by atoms with Crippen molar-refractivity contribution in [2.45, 2.75) is 58.0 Å². The molecule has 0 saturated carbocycles. The summed E-state index contributed by atoms with van der Waals surface area (Å²) in [5, 5.41) is 3.43. The summed E-state index contributed by atoms with van der Waals surface area (Å²) in [6.45, 7) is 10.2. The summed E-state index contributed by atoms with van der Waals surface area (Å²) in [6.07, 6.45) is 5.15. The molecule has 5 nitrogen and oxygen atoms in total. The number of hydrogen-bond acceptors (Lipinski definition) is 4. The lowest BCUT2D eigenvalue weighted by Gasteiger charge is -2.41. The van der Waals surface area contributed by atoms with E-state index in [9.17, 15) is 4.79 Å². The molecule has 0 unspecified atom stereocenters. The van der Waals surface area contributed by atoms with Gasteiger partial charge >= 0.3 is 0 Å². The molecule has 150 valence electrons.